The molecule has 1 aromatic carbocycles. The fourth-order valence-corrected chi connectivity index (χ4v) is 2.00. The molecule has 1 aliphatic rings. The number of aliphatic carboxylic acids is 1. The van der Waals surface area contributed by atoms with Gasteiger partial charge in [0.25, 0.3) is 5.92 Å². The number of hydrogen-bond acceptors (Lipinski definition) is 1. The van der Waals surface area contributed by atoms with Gasteiger partial charge < -0.3 is 5.11 Å². The average molecular weight is 226 g/mol. The Labute approximate surface area is 91.9 Å². The molecule has 1 saturated carbocycles. The summed E-state index contributed by atoms with van der Waals surface area (Å²) in [5.74, 6) is -4.21. The summed E-state index contributed by atoms with van der Waals surface area (Å²) in [6.45, 7) is 0. The van der Waals surface area contributed by atoms with Crippen LogP contribution in [0.2, 0.25) is 0 Å². The summed E-state index contributed by atoms with van der Waals surface area (Å²) >= 11 is 0. The maximum absolute atomic E-state index is 14.1. The van der Waals surface area contributed by atoms with Crippen LogP contribution in [0.15, 0.2) is 30.3 Å². The Hall–Kier alpha value is -1.45. The zero-order valence-corrected chi connectivity index (χ0v) is 8.62. The Kier molecular flexibility index (Phi) is 2.45. The molecule has 0 aliphatic heterocycles. The van der Waals surface area contributed by atoms with Crippen LogP contribution in [0.25, 0.3) is 0 Å². The van der Waals surface area contributed by atoms with E-state index in [1.807, 2.05) is 0 Å². The molecule has 1 aromatic rings. The summed E-state index contributed by atoms with van der Waals surface area (Å²) < 4.78 is 28.2. The zero-order valence-electron chi connectivity index (χ0n) is 8.62. The van der Waals surface area contributed by atoms with Crippen molar-refractivity contribution in [1.82, 2.24) is 0 Å². The molecule has 0 atom stereocenters. The molecule has 0 unspecified atom stereocenters. The Balaban J connectivity index is 2.29. The van der Waals surface area contributed by atoms with Crippen LogP contribution < -0.4 is 0 Å². The highest BCUT2D eigenvalue weighted by Gasteiger charge is 2.63. The van der Waals surface area contributed by atoms with Crippen molar-refractivity contribution >= 4 is 5.97 Å². The van der Waals surface area contributed by atoms with Crippen LogP contribution in [0.3, 0.4) is 0 Å². The number of hydrogen-bond donors (Lipinski definition) is 1. The number of halogens is 2. The Morgan fingerprint density at radius 1 is 1.31 bits per heavy atom. The van der Waals surface area contributed by atoms with E-state index in [0.717, 1.165) is 0 Å². The second-order valence-electron chi connectivity index (χ2n) is 4.29. The minimum absolute atomic E-state index is 0.0891. The summed E-state index contributed by atoms with van der Waals surface area (Å²) in [4.78, 5) is 10.6. The lowest BCUT2D eigenvalue weighted by molar-refractivity contribution is -0.146. The molecule has 1 fully saturated rings. The largest absolute Gasteiger partial charge is 0.481 e. The predicted molar refractivity (Wildman–Crippen MR) is 54.3 cm³/mol. The van der Waals surface area contributed by atoms with Gasteiger partial charge >= 0.3 is 5.97 Å². The van der Waals surface area contributed by atoms with E-state index < -0.39 is 23.7 Å². The van der Waals surface area contributed by atoms with Crippen molar-refractivity contribution in [3.05, 3.63) is 35.9 Å². The molecule has 1 aliphatic carbocycles. The molecular weight excluding hydrogens is 214 g/mol. The van der Waals surface area contributed by atoms with E-state index in [1.165, 1.54) is 12.1 Å². The van der Waals surface area contributed by atoms with Crippen LogP contribution in [0, 0.1) is 5.41 Å². The van der Waals surface area contributed by atoms with Crippen molar-refractivity contribution in [2.75, 3.05) is 0 Å². The first kappa shape index (κ1) is 11.0. The van der Waals surface area contributed by atoms with Crippen molar-refractivity contribution in [2.45, 2.75) is 25.2 Å². The predicted octanol–water partition coefficient (Wildman–Crippen LogP) is 3.03. The molecule has 2 nitrogen and oxygen atoms in total. The van der Waals surface area contributed by atoms with Crippen LogP contribution >= 0.6 is 0 Å². The van der Waals surface area contributed by atoms with Gasteiger partial charge in [-0.05, 0) is 12.8 Å². The fourth-order valence-electron chi connectivity index (χ4n) is 2.00. The molecule has 0 radical (unpaired) electrons. The van der Waals surface area contributed by atoms with Gasteiger partial charge in [-0.25, -0.2) is 8.78 Å². The molecule has 16 heavy (non-hydrogen) atoms. The summed E-state index contributed by atoms with van der Waals surface area (Å²) in [6.07, 6.45) is 0.0945. The van der Waals surface area contributed by atoms with E-state index >= 15 is 0 Å². The lowest BCUT2D eigenvalue weighted by atomic mass is 9.88. The molecule has 1 N–H and O–H groups in total. The number of carboxylic acid groups (broad SMARTS) is 1. The molecule has 0 saturated heterocycles. The SMILES string of the molecule is O=C(O)CC1(C(F)(F)c2ccccc2)CC1. The maximum atomic E-state index is 14.1. The zero-order chi connectivity index (χ0) is 11.8. The lowest BCUT2D eigenvalue weighted by Gasteiger charge is -2.25. The molecule has 0 spiro atoms. The standard InChI is InChI=1S/C12H12F2O2/c13-12(14,9-4-2-1-3-5-9)11(6-7-11)8-10(15)16/h1-5H,6-8H2,(H,15,16). The monoisotopic (exact) mass is 226 g/mol. The average Bonchev–Trinajstić information content (AvgIpc) is 2.99. The van der Waals surface area contributed by atoms with Gasteiger partial charge in [0.05, 0.1) is 6.42 Å². The van der Waals surface area contributed by atoms with Crippen LogP contribution in [0.1, 0.15) is 24.8 Å². The van der Waals surface area contributed by atoms with Crippen LogP contribution in [-0.2, 0) is 10.7 Å². The number of carboxylic acids is 1. The van der Waals surface area contributed by atoms with Gasteiger partial charge in [0.2, 0.25) is 0 Å². The van der Waals surface area contributed by atoms with Gasteiger partial charge in [-0.1, -0.05) is 30.3 Å². The van der Waals surface area contributed by atoms with E-state index in [-0.39, 0.29) is 18.4 Å². The number of benzene rings is 1. The highest BCUT2D eigenvalue weighted by molar-refractivity contribution is 5.68. The Bertz CT molecular complexity index is 397. The molecule has 2 rings (SSSR count). The normalized spacial score (nSPS) is 18.1. The lowest BCUT2D eigenvalue weighted by Crippen LogP contribution is -2.29. The van der Waals surface area contributed by atoms with Crippen molar-refractivity contribution in [1.29, 1.82) is 0 Å². The van der Waals surface area contributed by atoms with Crippen molar-refractivity contribution in [3.8, 4) is 0 Å². The highest BCUT2D eigenvalue weighted by atomic mass is 19.3. The van der Waals surface area contributed by atoms with Crippen molar-refractivity contribution < 1.29 is 18.7 Å². The highest BCUT2D eigenvalue weighted by Crippen LogP contribution is 2.63. The molecule has 0 amide bonds. The van der Waals surface area contributed by atoms with Crippen LogP contribution in [0.4, 0.5) is 8.78 Å². The van der Waals surface area contributed by atoms with E-state index in [1.54, 1.807) is 18.2 Å². The number of alkyl halides is 2. The summed E-state index contributed by atoms with van der Waals surface area (Å²) in [6, 6.07) is 7.44. The van der Waals surface area contributed by atoms with Crippen LogP contribution in [0.5, 0.6) is 0 Å². The van der Waals surface area contributed by atoms with Gasteiger partial charge in [-0.15, -0.1) is 0 Å². The second kappa shape index (κ2) is 3.54. The molecular formula is C12H12F2O2. The maximum Gasteiger partial charge on any atom is 0.304 e. The van der Waals surface area contributed by atoms with E-state index in [2.05, 4.69) is 0 Å². The van der Waals surface area contributed by atoms with Crippen molar-refractivity contribution in [3.63, 3.8) is 0 Å². The number of rotatable bonds is 4. The first-order valence-corrected chi connectivity index (χ1v) is 5.13. The van der Waals surface area contributed by atoms with E-state index in [0.29, 0.717) is 0 Å². The quantitative estimate of drug-likeness (QED) is 0.856. The fraction of sp³-hybridized carbons (Fsp3) is 0.417. The van der Waals surface area contributed by atoms with E-state index in [9.17, 15) is 13.6 Å². The summed E-state index contributed by atoms with van der Waals surface area (Å²) in [5.41, 5.74) is -1.45. The van der Waals surface area contributed by atoms with Crippen molar-refractivity contribution in [2.24, 2.45) is 5.41 Å². The van der Waals surface area contributed by atoms with Crippen LogP contribution in [-0.4, -0.2) is 11.1 Å². The van der Waals surface area contributed by atoms with Gasteiger partial charge in [-0.3, -0.25) is 4.79 Å². The topological polar surface area (TPSA) is 37.3 Å². The van der Waals surface area contributed by atoms with Gasteiger partial charge in [0.15, 0.2) is 0 Å². The van der Waals surface area contributed by atoms with Gasteiger partial charge in [0, 0.05) is 11.0 Å². The molecule has 86 valence electrons. The number of carbonyl (C=O) groups is 1. The third-order valence-corrected chi connectivity index (χ3v) is 3.15. The first-order valence-electron chi connectivity index (χ1n) is 5.13. The summed E-state index contributed by atoms with van der Waals surface area (Å²) in [7, 11) is 0. The Morgan fingerprint density at radius 3 is 2.31 bits per heavy atom. The molecule has 0 bridgehead atoms. The minimum Gasteiger partial charge on any atom is -0.481 e. The van der Waals surface area contributed by atoms with E-state index in [4.69, 9.17) is 5.11 Å². The third kappa shape index (κ3) is 1.68. The first-order chi connectivity index (χ1) is 7.48. The van der Waals surface area contributed by atoms with Gasteiger partial charge in [0.1, 0.15) is 0 Å². The molecule has 0 heterocycles. The smallest absolute Gasteiger partial charge is 0.304 e. The van der Waals surface area contributed by atoms with Gasteiger partial charge in [-0.2, -0.15) is 0 Å². The summed E-state index contributed by atoms with van der Waals surface area (Å²) in [5, 5.41) is 8.67. The molecule has 0 aromatic heterocycles. The third-order valence-electron chi connectivity index (χ3n) is 3.15. The second-order valence-corrected chi connectivity index (χ2v) is 4.29. The Morgan fingerprint density at radius 2 is 1.88 bits per heavy atom. The minimum atomic E-state index is -3.05. The molecule has 4 heteroatoms.